The summed E-state index contributed by atoms with van der Waals surface area (Å²) < 4.78 is 1.54. The van der Waals surface area contributed by atoms with Gasteiger partial charge in [0.2, 0.25) is 0 Å². The van der Waals surface area contributed by atoms with E-state index in [9.17, 15) is 9.59 Å². The summed E-state index contributed by atoms with van der Waals surface area (Å²) in [4.78, 5) is 29.7. The molecule has 0 atom stereocenters. The Morgan fingerprint density at radius 3 is 2.63 bits per heavy atom. The Labute approximate surface area is 161 Å². The van der Waals surface area contributed by atoms with Gasteiger partial charge in [0.25, 0.3) is 11.5 Å². The van der Waals surface area contributed by atoms with Crippen LogP contribution in [0.15, 0.2) is 17.1 Å². The topological polar surface area (TPSA) is 45.5 Å². The number of carbonyl (C=O) groups excluding carboxylic acids is 1. The van der Waals surface area contributed by atoms with E-state index in [0.717, 1.165) is 36.1 Å². The second kappa shape index (κ2) is 7.63. The largest absolute Gasteiger partial charge is 0.342 e. The van der Waals surface area contributed by atoms with E-state index in [1.807, 2.05) is 24.1 Å². The summed E-state index contributed by atoms with van der Waals surface area (Å²) in [5.41, 5.74) is 2.24. The smallest absolute Gasteiger partial charge is 0.255 e. The van der Waals surface area contributed by atoms with Crippen molar-refractivity contribution in [3.63, 3.8) is 0 Å². The van der Waals surface area contributed by atoms with Gasteiger partial charge >= 0.3 is 0 Å². The van der Waals surface area contributed by atoms with Gasteiger partial charge in [0.15, 0.2) is 0 Å². The van der Waals surface area contributed by atoms with Crippen molar-refractivity contribution in [1.29, 1.82) is 0 Å². The maximum atomic E-state index is 13.0. The van der Waals surface area contributed by atoms with Gasteiger partial charge < -0.3 is 14.4 Å². The van der Waals surface area contributed by atoms with Crippen LogP contribution in [0.5, 0.6) is 0 Å². The number of rotatable bonds is 5. The highest BCUT2D eigenvalue weighted by Crippen LogP contribution is 2.30. The average Bonchev–Trinajstić information content (AvgIpc) is 3.12. The first-order valence-electron chi connectivity index (χ1n) is 10.4. The standard InChI is InChI=1S/C22H31N3O2/c1-23(12-9-16-10-13-25(14-11-16)17-5-3-6-17)22(27)20-15-24(2)21(26)19-8-4-7-18(19)20/h4,7,15-17H,3,5-6,8-14H2,1-2H3. The van der Waals surface area contributed by atoms with E-state index in [4.69, 9.17) is 0 Å². The van der Waals surface area contributed by atoms with E-state index in [1.165, 1.54) is 45.2 Å². The van der Waals surface area contributed by atoms with E-state index in [1.54, 1.807) is 17.8 Å². The molecule has 0 N–H and O–H groups in total. The molecular formula is C22H31N3O2. The molecule has 1 amide bonds. The van der Waals surface area contributed by atoms with Crippen LogP contribution in [0.3, 0.4) is 0 Å². The fourth-order valence-corrected chi connectivity index (χ4v) is 4.71. The molecule has 2 aliphatic carbocycles. The van der Waals surface area contributed by atoms with Gasteiger partial charge in [0.05, 0.1) is 5.56 Å². The summed E-state index contributed by atoms with van der Waals surface area (Å²) in [7, 11) is 3.62. The van der Waals surface area contributed by atoms with Crippen molar-refractivity contribution in [2.75, 3.05) is 26.7 Å². The summed E-state index contributed by atoms with van der Waals surface area (Å²) in [6.45, 7) is 3.24. The normalized spacial score (nSPS) is 20.5. The molecule has 0 bridgehead atoms. The number of nitrogens with zero attached hydrogens (tertiary/aromatic N) is 3. The van der Waals surface area contributed by atoms with Crippen LogP contribution in [-0.4, -0.2) is 53.0 Å². The van der Waals surface area contributed by atoms with Gasteiger partial charge in [0, 0.05) is 38.4 Å². The number of allylic oxidation sites excluding steroid dienone is 1. The molecule has 2 fully saturated rings. The highest BCUT2D eigenvalue weighted by molar-refractivity contribution is 5.98. The lowest BCUT2D eigenvalue weighted by Gasteiger charge is -2.42. The van der Waals surface area contributed by atoms with Crippen molar-refractivity contribution in [2.24, 2.45) is 13.0 Å². The molecule has 1 aromatic rings. The molecule has 146 valence electrons. The van der Waals surface area contributed by atoms with Crippen molar-refractivity contribution in [2.45, 2.75) is 51.0 Å². The number of hydrogen-bond donors (Lipinski definition) is 0. The van der Waals surface area contributed by atoms with Crippen molar-refractivity contribution >= 4 is 12.0 Å². The third kappa shape index (κ3) is 3.62. The number of aromatic nitrogens is 1. The first kappa shape index (κ1) is 18.5. The van der Waals surface area contributed by atoms with E-state index in [-0.39, 0.29) is 11.5 Å². The minimum absolute atomic E-state index is 0.00688. The number of pyridine rings is 1. The Kier molecular flexibility index (Phi) is 5.22. The lowest BCUT2D eigenvalue weighted by Crippen LogP contribution is -2.45. The molecule has 1 saturated carbocycles. The predicted octanol–water partition coefficient (Wildman–Crippen LogP) is 2.68. The van der Waals surface area contributed by atoms with Crippen molar-refractivity contribution < 1.29 is 4.79 Å². The van der Waals surface area contributed by atoms with Gasteiger partial charge in [-0.05, 0) is 63.1 Å². The zero-order valence-corrected chi connectivity index (χ0v) is 16.6. The second-order valence-electron chi connectivity index (χ2n) is 8.54. The maximum Gasteiger partial charge on any atom is 0.255 e. The average molecular weight is 370 g/mol. The van der Waals surface area contributed by atoms with Crippen LogP contribution in [-0.2, 0) is 13.5 Å². The van der Waals surface area contributed by atoms with E-state index >= 15 is 0 Å². The number of amides is 1. The molecule has 1 saturated heterocycles. The summed E-state index contributed by atoms with van der Waals surface area (Å²) in [5, 5.41) is 0. The van der Waals surface area contributed by atoms with Gasteiger partial charge in [-0.1, -0.05) is 18.6 Å². The van der Waals surface area contributed by atoms with E-state index in [0.29, 0.717) is 12.0 Å². The van der Waals surface area contributed by atoms with Crippen molar-refractivity contribution in [1.82, 2.24) is 14.4 Å². The fraction of sp³-hybridized carbons (Fsp3) is 0.636. The summed E-state index contributed by atoms with van der Waals surface area (Å²) in [6, 6.07) is 0.857. The van der Waals surface area contributed by atoms with Gasteiger partial charge in [-0.15, -0.1) is 0 Å². The van der Waals surface area contributed by atoms with Crippen LogP contribution in [0.2, 0.25) is 0 Å². The molecule has 1 aliphatic heterocycles. The minimum atomic E-state index is 0.00688. The third-order valence-corrected chi connectivity index (χ3v) is 6.81. The Balaban J connectivity index is 1.34. The molecule has 0 radical (unpaired) electrons. The zero-order valence-electron chi connectivity index (χ0n) is 16.6. The quantitative estimate of drug-likeness (QED) is 0.802. The maximum absolute atomic E-state index is 13.0. The number of likely N-dealkylation sites (tertiary alicyclic amines) is 1. The van der Waals surface area contributed by atoms with Gasteiger partial charge in [-0.3, -0.25) is 9.59 Å². The molecule has 1 aromatic heterocycles. The third-order valence-electron chi connectivity index (χ3n) is 6.81. The fourth-order valence-electron chi connectivity index (χ4n) is 4.71. The Morgan fingerprint density at radius 2 is 1.96 bits per heavy atom. The number of fused-ring (bicyclic) bond motifs is 1. The first-order chi connectivity index (χ1) is 13.0. The van der Waals surface area contributed by atoms with Gasteiger partial charge in [-0.25, -0.2) is 0 Å². The van der Waals surface area contributed by atoms with Crippen molar-refractivity contribution in [3.05, 3.63) is 39.3 Å². The molecule has 4 rings (SSSR count). The molecule has 2 heterocycles. The Morgan fingerprint density at radius 1 is 1.22 bits per heavy atom. The van der Waals surface area contributed by atoms with Gasteiger partial charge in [0.1, 0.15) is 0 Å². The summed E-state index contributed by atoms with van der Waals surface area (Å²) >= 11 is 0. The van der Waals surface area contributed by atoms with Crippen LogP contribution < -0.4 is 5.56 Å². The number of carbonyl (C=O) groups is 1. The molecule has 5 nitrogen and oxygen atoms in total. The SMILES string of the molecule is CN(CCC1CCN(C2CCC2)CC1)C(=O)c1cn(C)c(=O)c2c1C=CC2. The monoisotopic (exact) mass is 369 g/mol. The van der Waals surface area contributed by atoms with Crippen LogP contribution in [0, 0.1) is 5.92 Å². The first-order valence-corrected chi connectivity index (χ1v) is 10.4. The summed E-state index contributed by atoms with van der Waals surface area (Å²) in [6.07, 6.45) is 14.0. The van der Waals surface area contributed by atoms with Crippen LogP contribution >= 0.6 is 0 Å². The predicted molar refractivity (Wildman–Crippen MR) is 108 cm³/mol. The molecule has 0 spiro atoms. The van der Waals surface area contributed by atoms with Crippen LogP contribution in [0.25, 0.3) is 6.08 Å². The highest BCUT2D eigenvalue weighted by atomic mass is 16.2. The zero-order chi connectivity index (χ0) is 19.0. The van der Waals surface area contributed by atoms with Crippen LogP contribution in [0.1, 0.15) is 60.0 Å². The van der Waals surface area contributed by atoms with E-state index in [2.05, 4.69) is 4.90 Å². The lowest BCUT2D eigenvalue weighted by atomic mass is 9.87. The second-order valence-corrected chi connectivity index (χ2v) is 8.54. The number of hydrogen-bond acceptors (Lipinski definition) is 3. The number of aryl methyl sites for hydroxylation is 1. The highest BCUT2D eigenvalue weighted by Gasteiger charge is 2.29. The van der Waals surface area contributed by atoms with Gasteiger partial charge in [-0.2, -0.15) is 0 Å². The van der Waals surface area contributed by atoms with E-state index < -0.39 is 0 Å². The molecule has 3 aliphatic rings. The molecule has 0 aromatic carbocycles. The van der Waals surface area contributed by atoms with Crippen molar-refractivity contribution in [3.8, 4) is 0 Å². The molecule has 27 heavy (non-hydrogen) atoms. The summed E-state index contributed by atoms with van der Waals surface area (Å²) in [5.74, 6) is 0.752. The van der Waals surface area contributed by atoms with Crippen LogP contribution in [0.4, 0.5) is 0 Å². The number of piperidine rings is 1. The lowest BCUT2D eigenvalue weighted by molar-refractivity contribution is 0.0717. The Hall–Kier alpha value is -1.88. The molecule has 0 unspecified atom stereocenters. The molecular weight excluding hydrogens is 338 g/mol. The Bertz CT molecular complexity index is 799. The minimum Gasteiger partial charge on any atom is -0.342 e. The molecule has 5 heteroatoms.